The number of aliphatic hydroxyl groups excluding tert-OH is 1. The molecule has 0 aromatic carbocycles. The Labute approximate surface area is 89.0 Å². The van der Waals surface area contributed by atoms with Crippen LogP contribution in [0.25, 0.3) is 0 Å². The Morgan fingerprint density at radius 2 is 2.20 bits per heavy atom. The number of hydrogen-bond donors (Lipinski definition) is 2. The molecule has 2 N–H and O–H groups in total. The van der Waals surface area contributed by atoms with Crippen molar-refractivity contribution in [3.8, 4) is 0 Å². The third kappa shape index (κ3) is 2.19. The molecule has 0 atom stereocenters. The quantitative estimate of drug-likeness (QED) is 0.754. The molecule has 0 saturated carbocycles. The molecular formula is C8H15N3O3S. The second kappa shape index (κ2) is 3.92. The molecule has 86 valence electrons. The number of sulfonamides is 1. The van der Waals surface area contributed by atoms with E-state index in [1.807, 2.05) is 0 Å². The Kier molecular flexibility index (Phi) is 3.17. The van der Waals surface area contributed by atoms with Gasteiger partial charge in [-0.1, -0.05) is 0 Å². The van der Waals surface area contributed by atoms with Crippen molar-refractivity contribution in [3.63, 3.8) is 0 Å². The normalized spacial score (nSPS) is 13.4. The number of aromatic nitrogens is 2. The van der Waals surface area contributed by atoms with Crippen molar-refractivity contribution in [2.24, 2.45) is 0 Å². The number of H-pyrrole nitrogens is 1. The van der Waals surface area contributed by atoms with E-state index in [0.717, 1.165) is 4.31 Å². The number of aliphatic hydroxyl groups is 1. The van der Waals surface area contributed by atoms with Crippen LogP contribution in [0.1, 0.15) is 13.8 Å². The summed E-state index contributed by atoms with van der Waals surface area (Å²) in [6, 6.07) is 1.37. The lowest BCUT2D eigenvalue weighted by Crippen LogP contribution is -2.47. The summed E-state index contributed by atoms with van der Waals surface area (Å²) in [7, 11) is -2.19. The predicted molar refractivity (Wildman–Crippen MR) is 54.7 cm³/mol. The fourth-order valence-electron chi connectivity index (χ4n) is 0.959. The van der Waals surface area contributed by atoms with Crippen LogP contribution in [0.15, 0.2) is 17.3 Å². The van der Waals surface area contributed by atoms with Gasteiger partial charge in [-0.15, -0.1) is 0 Å². The van der Waals surface area contributed by atoms with Crippen molar-refractivity contribution >= 4 is 10.0 Å². The molecular weight excluding hydrogens is 218 g/mol. The summed E-state index contributed by atoms with van der Waals surface area (Å²) in [6.07, 6.45) is 1.37. The summed E-state index contributed by atoms with van der Waals surface area (Å²) in [6.45, 7) is 3.03. The second-order valence-corrected chi connectivity index (χ2v) is 5.80. The molecule has 0 radical (unpaired) electrons. The minimum atomic E-state index is -3.61. The van der Waals surface area contributed by atoms with E-state index in [0.29, 0.717) is 0 Å². The number of likely N-dealkylation sites (N-methyl/N-ethyl adjacent to an activating group) is 1. The van der Waals surface area contributed by atoms with Crippen molar-refractivity contribution < 1.29 is 13.5 Å². The molecule has 6 nitrogen and oxygen atoms in total. The molecule has 0 unspecified atom stereocenters. The van der Waals surface area contributed by atoms with Crippen LogP contribution < -0.4 is 0 Å². The summed E-state index contributed by atoms with van der Waals surface area (Å²) < 4.78 is 25.0. The van der Waals surface area contributed by atoms with Crippen LogP contribution in [-0.4, -0.2) is 47.2 Å². The summed E-state index contributed by atoms with van der Waals surface area (Å²) in [5.41, 5.74) is -0.843. The van der Waals surface area contributed by atoms with Crippen molar-refractivity contribution in [1.29, 1.82) is 0 Å². The summed E-state index contributed by atoms with van der Waals surface area (Å²) in [4.78, 5) is 0. The van der Waals surface area contributed by atoms with Gasteiger partial charge in [-0.2, -0.15) is 9.40 Å². The Bertz CT molecular complexity index is 410. The van der Waals surface area contributed by atoms with Crippen LogP contribution in [0.3, 0.4) is 0 Å². The first-order valence-electron chi connectivity index (χ1n) is 4.41. The monoisotopic (exact) mass is 233 g/mol. The SMILES string of the molecule is CN(C(C)(C)CO)S(=O)(=O)c1ccn[nH]1. The lowest BCUT2D eigenvalue weighted by Gasteiger charge is -2.32. The van der Waals surface area contributed by atoms with Crippen LogP contribution in [0.2, 0.25) is 0 Å². The molecule has 1 aromatic heterocycles. The Balaban J connectivity index is 3.09. The smallest absolute Gasteiger partial charge is 0.260 e. The van der Waals surface area contributed by atoms with Gasteiger partial charge in [-0.25, -0.2) is 8.42 Å². The number of rotatable bonds is 4. The summed E-state index contributed by atoms with van der Waals surface area (Å²) in [5.74, 6) is 0. The van der Waals surface area contributed by atoms with Gasteiger partial charge in [0.05, 0.1) is 18.3 Å². The zero-order valence-electron chi connectivity index (χ0n) is 8.93. The number of nitrogens with zero attached hydrogens (tertiary/aromatic N) is 2. The highest BCUT2D eigenvalue weighted by molar-refractivity contribution is 7.89. The van der Waals surface area contributed by atoms with E-state index in [-0.39, 0.29) is 11.6 Å². The third-order valence-electron chi connectivity index (χ3n) is 2.35. The van der Waals surface area contributed by atoms with E-state index >= 15 is 0 Å². The van der Waals surface area contributed by atoms with Crippen molar-refractivity contribution in [2.45, 2.75) is 24.4 Å². The van der Waals surface area contributed by atoms with Crippen molar-refractivity contribution in [3.05, 3.63) is 12.3 Å². The molecule has 0 aliphatic rings. The lowest BCUT2D eigenvalue weighted by atomic mass is 10.1. The van der Waals surface area contributed by atoms with Gasteiger partial charge in [0, 0.05) is 7.05 Å². The fraction of sp³-hybridized carbons (Fsp3) is 0.625. The first-order chi connectivity index (χ1) is 6.82. The van der Waals surface area contributed by atoms with Gasteiger partial charge in [-0.3, -0.25) is 5.10 Å². The molecule has 0 aliphatic carbocycles. The standard InChI is InChI=1S/C8H15N3O3S/c1-8(2,6-12)11(3)15(13,14)7-4-5-9-10-7/h4-5,12H,6H2,1-3H3,(H,9,10). The maximum Gasteiger partial charge on any atom is 0.260 e. The topological polar surface area (TPSA) is 86.3 Å². The Hall–Kier alpha value is -0.920. The van der Waals surface area contributed by atoms with E-state index < -0.39 is 15.6 Å². The van der Waals surface area contributed by atoms with E-state index in [1.54, 1.807) is 13.8 Å². The highest BCUT2D eigenvalue weighted by Gasteiger charge is 2.34. The molecule has 0 fully saturated rings. The lowest BCUT2D eigenvalue weighted by molar-refractivity contribution is 0.137. The molecule has 0 saturated heterocycles. The molecule has 0 aliphatic heterocycles. The molecule has 7 heteroatoms. The highest BCUT2D eigenvalue weighted by Crippen LogP contribution is 2.20. The molecule has 0 amide bonds. The van der Waals surface area contributed by atoms with E-state index in [9.17, 15) is 8.42 Å². The average Bonchev–Trinajstić information content (AvgIpc) is 2.69. The third-order valence-corrected chi connectivity index (χ3v) is 4.35. The van der Waals surface area contributed by atoms with Crippen LogP contribution in [0, 0.1) is 0 Å². The zero-order valence-corrected chi connectivity index (χ0v) is 9.74. The molecule has 1 aromatic rings. The molecule has 0 bridgehead atoms. The van der Waals surface area contributed by atoms with Gasteiger partial charge in [0.1, 0.15) is 0 Å². The van der Waals surface area contributed by atoms with Crippen LogP contribution in [-0.2, 0) is 10.0 Å². The average molecular weight is 233 g/mol. The first kappa shape index (κ1) is 12.2. The van der Waals surface area contributed by atoms with Gasteiger partial charge in [0.15, 0.2) is 5.03 Å². The zero-order chi connectivity index (χ0) is 11.7. The van der Waals surface area contributed by atoms with Crippen molar-refractivity contribution in [2.75, 3.05) is 13.7 Å². The maximum absolute atomic E-state index is 11.9. The number of hydrogen-bond acceptors (Lipinski definition) is 4. The van der Waals surface area contributed by atoms with E-state index in [2.05, 4.69) is 10.2 Å². The molecule has 1 rings (SSSR count). The number of aromatic amines is 1. The van der Waals surface area contributed by atoms with Crippen molar-refractivity contribution in [1.82, 2.24) is 14.5 Å². The Morgan fingerprint density at radius 1 is 1.60 bits per heavy atom. The van der Waals surface area contributed by atoms with E-state index in [1.165, 1.54) is 19.3 Å². The van der Waals surface area contributed by atoms with Gasteiger partial charge in [0.2, 0.25) is 0 Å². The van der Waals surface area contributed by atoms with Crippen LogP contribution in [0.4, 0.5) is 0 Å². The predicted octanol–water partition coefficient (Wildman–Crippen LogP) is -0.199. The highest BCUT2D eigenvalue weighted by atomic mass is 32.2. The van der Waals surface area contributed by atoms with E-state index in [4.69, 9.17) is 5.11 Å². The van der Waals surface area contributed by atoms with Gasteiger partial charge < -0.3 is 5.11 Å². The minimum absolute atomic E-state index is 0.0199. The second-order valence-electron chi connectivity index (χ2n) is 3.86. The maximum atomic E-state index is 11.9. The van der Waals surface area contributed by atoms with Gasteiger partial charge >= 0.3 is 0 Å². The molecule has 15 heavy (non-hydrogen) atoms. The number of nitrogens with one attached hydrogen (secondary N) is 1. The van der Waals surface area contributed by atoms with Crippen LogP contribution >= 0.6 is 0 Å². The molecule has 1 heterocycles. The Morgan fingerprint density at radius 3 is 2.60 bits per heavy atom. The minimum Gasteiger partial charge on any atom is -0.394 e. The van der Waals surface area contributed by atoms with Gasteiger partial charge in [0.25, 0.3) is 10.0 Å². The first-order valence-corrected chi connectivity index (χ1v) is 5.85. The summed E-state index contributed by atoms with van der Waals surface area (Å²) >= 11 is 0. The van der Waals surface area contributed by atoms with Gasteiger partial charge in [-0.05, 0) is 19.9 Å². The largest absolute Gasteiger partial charge is 0.394 e. The summed E-state index contributed by atoms with van der Waals surface area (Å²) in [5, 5.41) is 15.1. The van der Waals surface area contributed by atoms with Crippen LogP contribution in [0.5, 0.6) is 0 Å². The fourth-order valence-corrected chi connectivity index (χ4v) is 2.36. The molecule has 0 spiro atoms.